The number of esters is 1. The fourth-order valence-electron chi connectivity index (χ4n) is 1.97. The van der Waals surface area contributed by atoms with Crippen LogP contribution in [0.1, 0.15) is 15.9 Å². The number of hydrogen-bond donors (Lipinski definition) is 1. The maximum Gasteiger partial charge on any atom is 0.337 e. The molecule has 1 aromatic carbocycles. The largest absolute Gasteiger partial charge is 0.465 e. The van der Waals surface area contributed by atoms with Crippen molar-refractivity contribution < 1.29 is 9.53 Å². The first-order valence-electron chi connectivity index (χ1n) is 6.65. The zero-order valence-electron chi connectivity index (χ0n) is 12.5. The van der Waals surface area contributed by atoms with E-state index in [0.717, 1.165) is 17.1 Å². The molecular weight excluding hydrogens is 266 g/mol. The molecule has 0 amide bonds. The maximum atomic E-state index is 11.4. The second kappa shape index (κ2) is 6.74. The van der Waals surface area contributed by atoms with Gasteiger partial charge >= 0.3 is 5.97 Å². The molecule has 0 aliphatic heterocycles. The van der Waals surface area contributed by atoms with Gasteiger partial charge in [-0.2, -0.15) is 0 Å². The van der Waals surface area contributed by atoms with Crippen molar-refractivity contribution in [3.05, 3.63) is 53.7 Å². The molecule has 2 aromatic rings. The number of nitrogens with one attached hydrogen (secondary N) is 1. The summed E-state index contributed by atoms with van der Waals surface area (Å²) in [5.74, 6) is 0.570. The van der Waals surface area contributed by atoms with Crippen molar-refractivity contribution in [2.24, 2.45) is 0 Å². The van der Waals surface area contributed by atoms with Gasteiger partial charge in [0.15, 0.2) is 5.82 Å². The minimum atomic E-state index is -0.323. The molecular formula is C16H19N3O2. The van der Waals surface area contributed by atoms with Crippen molar-refractivity contribution in [3.63, 3.8) is 0 Å². The molecule has 110 valence electrons. The van der Waals surface area contributed by atoms with E-state index in [-0.39, 0.29) is 5.97 Å². The summed E-state index contributed by atoms with van der Waals surface area (Å²) in [5, 5.41) is 3.35. The van der Waals surface area contributed by atoms with Crippen LogP contribution in [-0.4, -0.2) is 32.2 Å². The molecule has 0 saturated heterocycles. The number of rotatable bonds is 5. The molecule has 0 unspecified atom stereocenters. The number of pyridine rings is 1. The van der Waals surface area contributed by atoms with Gasteiger partial charge in [0.1, 0.15) is 0 Å². The van der Waals surface area contributed by atoms with E-state index in [0.29, 0.717) is 12.1 Å². The lowest BCUT2D eigenvalue weighted by molar-refractivity contribution is 0.0600. The zero-order valence-corrected chi connectivity index (χ0v) is 12.5. The number of methoxy groups -OCH3 is 1. The van der Waals surface area contributed by atoms with E-state index >= 15 is 0 Å². The van der Waals surface area contributed by atoms with E-state index in [2.05, 4.69) is 15.0 Å². The van der Waals surface area contributed by atoms with Crippen LogP contribution in [0.5, 0.6) is 0 Å². The Kier molecular flexibility index (Phi) is 4.77. The highest BCUT2D eigenvalue weighted by molar-refractivity contribution is 5.89. The number of benzene rings is 1. The number of nitrogens with zero attached hydrogens (tertiary/aromatic N) is 2. The van der Waals surface area contributed by atoms with Crippen LogP contribution in [-0.2, 0) is 11.3 Å². The quantitative estimate of drug-likeness (QED) is 0.856. The Hall–Kier alpha value is -2.56. The van der Waals surface area contributed by atoms with Crippen LogP contribution in [0, 0.1) is 0 Å². The summed E-state index contributed by atoms with van der Waals surface area (Å²) >= 11 is 0. The minimum absolute atomic E-state index is 0.323. The van der Waals surface area contributed by atoms with Crippen molar-refractivity contribution in [1.29, 1.82) is 0 Å². The molecule has 1 heterocycles. The van der Waals surface area contributed by atoms with Crippen molar-refractivity contribution in [3.8, 4) is 0 Å². The number of ether oxygens (including phenoxy) is 1. The first-order chi connectivity index (χ1) is 10.1. The summed E-state index contributed by atoms with van der Waals surface area (Å²) in [6, 6.07) is 11.2. The highest BCUT2D eigenvalue weighted by atomic mass is 16.5. The van der Waals surface area contributed by atoms with Crippen molar-refractivity contribution in [2.45, 2.75) is 6.54 Å². The average Bonchev–Trinajstić information content (AvgIpc) is 2.52. The summed E-state index contributed by atoms with van der Waals surface area (Å²) in [7, 11) is 5.29. The maximum absolute atomic E-state index is 11.4. The predicted octanol–water partition coefficient (Wildman–Crippen LogP) is 2.55. The van der Waals surface area contributed by atoms with E-state index < -0.39 is 0 Å². The van der Waals surface area contributed by atoms with E-state index in [4.69, 9.17) is 0 Å². The second-order valence-corrected chi connectivity index (χ2v) is 4.81. The van der Waals surface area contributed by atoms with Gasteiger partial charge in [-0.05, 0) is 29.8 Å². The second-order valence-electron chi connectivity index (χ2n) is 4.81. The van der Waals surface area contributed by atoms with Crippen molar-refractivity contribution in [2.75, 3.05) is 31.4 Å². The highest BCUT2D eigenvalue weighted by Gasteiger charge is 2.06. The molecule has 0 aliphatic carbocycles. The SMILES string of the molecule is COC(=O)c1ccc(CNc2cccnc2N(C)C)cc1. The van der Waals surface area contributed by atoms with Gasteiger partial charge in [0.25, 0.3) is 0 Å². The van der Waals surface area contributed by atoms with Gasteiger partial charge in [-0.15, -0.1) is 0 Å². The van der Waals surface area contributed by atoms with Crippen LogP contribution in [0.25, 0.3) is 0 Å². The Morgan fingerprint density at radius 2 is 1.95 bits per heavy atom. The molecule has 0 atom stereocenters. The van der Waals surface area contributed by atoms with Crippen LogP contribution >= 0.6 is 0 Å². The first kappa shape index (κ1) is 14.8. The standard InChI is InChI=1S/C16H19N3O2/c1-19(2)15-14(5-4-10-17-15)18-11-12-6-8-13(9-7-12)16(20)21-3/h4-10,18H,11H2,1-3H3. The van der Waals surface area contributed by atoms with E-state index in [1.54, 1.807) is 18.3 Å². The first-order valence-corrected chi connectivity index (χ1v) is 6.65. The van der Waals surface area contributed by atoms with E-state index in [1.165, 1.54) is 7.11 Å². The number of carbonyl (C=O) groups is 1. The Bertz CT molecular complexity index is 609. The number of aromatic nitrogens is 1. The van der Waals surface area contributed by atoms with Gasteiger partial charge in [0.05, 0.1) is 18.4 Å². The van der Waals surface area contributed by atoms with Gasteiger partial charge in [-0.1, -0.05) is 12.1 Å². The third-order valence-corrected chi connectivity index (χ3v) is 3.07. The lowest BCUT2D eigenvalue weighted by atomic mass is 10.1. The van der Waals surface area contributed by atoms with Gasteiger partial charge in [-0.25, -0.2) is 9.78 Å². The third kappa shape index (κ3) is 3.72. The molecule has 0 bridgehead atoms. The Balaban J connectivity index is 2.05. The Morgan fingerprint density at radius 3 is 2.57 bits per heavy atom. The predicted molar refractivity (Wildman–Crippen MR) is 83.7 cm³/mol. The molecule has 5 heteroatoms. The van der Waals surface area contributed by atoms with Gasteiger partial charge in [0.2, 0.25) is 0 Å². The summed E-state index contributed by atoms with van der Waals surface area (Å²) in [4.78, 5) is 17.7. The molecule has 2 rings (SSSR count). The third-order valence-electron chi connectivity index (χ3n) is 3.07. The molecule has 1 N–H and O–H groups in total. The summed E-state index contributed by atoms with van der Waals surface area (Å²) < 4.78 is 4.68. The van der Waals surface area contributed by atoms with E-state index in [9.17, 15) is 4.79 Å². The minimum Gasteiger partial charge on any atom is -0.465 e. The van der Waals surface area contributed by atoms with Crippen LogP contribution in [0.3, 0.4) is 0 Å². The average molecular weight is 285 g/mol. The summed E-state index contributed by atoms with van der Waals surface area (Å²) in [6.45, 7) is 0.661. The summed E-state index contributed by atoms with van der Waals surface area (Å²) in [5.41, 5.74) is 2.60. The van der Waals surface area contributed by atoms with Crippen LogP contribution in [0.15, 0.2) is 42.6 Å². The lowest BCUT2D eigenvalue weighted by Crippen LogP contribution is -2.13. The van der Waals surface area contributed by atoms with Gasteiger partial charge in [-0.3, -0.25) is 0 Å². The number of carbonyl (C=O) groups excluding carboxylic acids is 1. The molecule has 0 aliphatic rings. The number of hydrogen-bond acceptors (Lipinski definition) is 5. The van der Waals surface area contributed by atoms with Gasteiger partial charge in [0, 0.05) is 26.8 Å². The molecule has 0 radical (unpaired) electrons. The molecule has 0 saturated carbocycles. The zero-order chi connectivity index (χ0) is 15.2. The summed E-state index contributed by atoms with van der Waals surface area (Å²) in [6.07, 6.45) is 1.77. The van der Waals surface area contributed by atoms with Crippen LogP contribution in [0.4, 0.5) is 11.5 Å². The molecule has 21 heavy (non-hydrogen) atoms. The number of anilines is 2. The lowest BCUT2D eigenvalue weighted by Gasteiger charge is -2.17. The Labute approximate surface area is 124 Å². The molecule has 1 aromatic heterocycles. The Morgan fingerprint density at radius 1 is 1.24 bits per heavy atom. The fraction of sp³-hybridized carbons (Fsp3) is 0.250. The van der Waals surface area contributed by atoms with Crippen molar-refractivity contribution in [1.82, 2.24) is 4.98 Å². The van der Waals surface area contributed by atoms with Crippen LogP contribution < -0.4 is 10.2 Å². The van der Waals surface area contributed by atoms with E-state index in [1.807, 2.05) is 43.3 Å². The highest BCUT2D eigenvalue weighted by Crippen LogP contribution is 2.21. The normalized spacial score (nSPS) is 10.0. The van der Waals surface area contributed by atoms with Crippen molar-refractivity contribution >= 4 is 17.5 Å². The van der Waals surface area contributed by atoms with Crippen LogP contribution in [0.2, 0.25) is 0 Å². The smallest absolute Gasteiger partial charge is 0.337 e. The molecule has 0 spiro atoms. The van der Waals surface area contributed by atoms with Gasteiger partial charge < -0.3 is 15.0 Å². The monoisotopic (exact) mass is 285 g/mol. The molecule has 5 nitrogen and oxygen atoms in total. The molecule has 0 fully saturated rings. The topological polar surface area (TPSA) is 54.5 Å². The fourth-order valence-corrected chi connectivity index (χ4v) is 1.97.